The number of amides is 1. The van der Waals surface area contributed by atoms with E-state index in [1.54, 1.807) is 18.2 Å². The van der Waals surface area contributed by atoms with Crippen LogP contribution in [-0.4, -0.2) is 16.9 Å². The van der Waals surface area contributed by atoms with Gasteiger partial charge in [-0.1, -0.05) is 6.92 Å². The average molecular weight is 272 g/mol. The maximum atomic E-state index is 11.7. The van der Waals surface area contributed by atoms with Crippen molar-refractivity contribution in [1.29, 1.82) is 0 Å². The van der Waals surface area contributed by atoms with Crippen molar-refractivity contribution in [1.82, 2.24) is 5.32 Å². The van der Waals surface area contributed by atoms with E-state index in [4.69, 9.17) is 6.42 Å². The predicted octanol–water partition coefficient (Wildman–Crippen LogP) is 2.53. The first kappa shape index (κ1) is 15.4. The van der Waals surface area contributed by atoms with Gasteiger partial charge in [0.1, 0.15) is 0 Å². The second kappa shape index (κ2) is 7.74. The van der Waals surface area contributed by atoms with E-state index in [0.717, 1.165) is 12.0 Å². The number of benzene rings is 1. The number of hydrogen-bond acceptors (Lipinski definition) is 3. The van der Waals surface area contributed by atoms with E-state index < -0.39 is 4.92 Å². The van der Waals surface area contributed by atoms with Crippen LogP contribution in [0.15, 0.2) is 30.3 Å². The van der Waals surface area contributed by atoms with E-state index in [9.17, 15) is 14.9 Å². The Hall–Kier alpha value is -2.61. The highest BCUT2D eigenvalue weighted by Gasteiger charge is 2.06. The molecule has 1 aromatic rings. The summed E-state index contributed by atoms with van der Waals surface area (Å²) in [5.41, 5.74) is 0.738. The van der Waals surface area contributed by atoms with Crippen molar-refractivity contribution in [3.63, 3.8) is 0 Å². The molecular formula is C15H16N2O3. The third kappa shape index (κ3) is 4.94. The zero-order valence-corrected chi connectivity index (χ0v) is 11.2. The minimum Gasteiger partial charge on any atom is -0.349 e. The molecule has 5 nitrogen and oxygen atoms in total. The Bertz CT molecular complexity index is 541. The van der Waals surface area contributed by atoms with E-state index in [2.05, 4.69) is 11.2 Å². The maximum absolute atomic E-state index is 11.7. The molecule has 0 aromatic heterocycles. The van der Waals surface area contributed by atoms with Gasteiger partial charge in [-0.15, -0.1) is 12.3 Å². The predicted molar refractivity (Wildman–Crippen MR) is 77.8 cm³/mol. The van der Waals surface area contributed by atoms with Gasteiger partial charge < -0.3 is 5.32 Å². The van der Waals surface area contributed by atoms with Gasteiger partial charge in [-0.3, -0.25) is 14.9 Å². The molecule has 1 aromatic carbocycles. The SMILES string of the molecule is C#CCC(CC)NC(=O)/C=C/c1ccc([N+](=O)[O-])cc1. The quantitative estimate of drug-likeness (QED) is 0.374. The molecular weight excluding hydrogens is 256 g/mol. The highest BCUT2D eigenvalue weighted by Crippen LogP contribution is 2.12. The summed E-state index contributed by atoms with van der Waals surface area (Å²) >= 11 is 0. The van der Waals surface area contributed by atoms with Crippen LogP contribution in [0.25, 0.3) is 6.08 Å². The van der Waals surface area contributed by atoms with E-state index in [1.807, 2.05) is 6.92 Å². The summed E-state index contributed by atoms with van der Waals surface area (Å²) in [5, 5.41) is 13.3. The van der Waals surface area contributed by atoms with E-state index in [1.165, 1.54) is 18.2 Å². The number of nitro benzene ring substituents is 1. The Kier molecular flexibility index (Phi) is 5.98. The van der Waals surface area contributed by atoms with Crippen molar-refractivity contribution < 1.29 is 9.72 Å². The van der Waals surface area contributed by atoms with Crippen molar-refractivity contribution in [3.8, 4) is 12.3 Å². The molecule has 104 valence electrons. The first-order valence-corrected chi connectivity index (χ1v) is 6.23. The summed E-state index contributed by atoms with van der Waals surface area (Å²) in [6, 6.07) is 5.92. The molecule has 1 unspecified atom stereocenters. The lowest BCUT2D eigenvalue weighted by molar-refractivity contribution is -0.384. The Balaban J connectivity index is 2.61. The van der Waals surface area contributed by atoms with Gasteiger partial charge >= 0.3 is 0 Å². The molecule has 1 atom stereocenters. The van der Waals surface area contributed by atoms with Gasteiger partial charge in [0.2, 0.25) is 5.91 Å². The summed E-state index contributed by atoms with van der Waals surface area (Å²) in [5.74, 6) is 2.28. The Morgan fingerprint density at radius 3 is 2.65 bits per heavy atom. The second-order valence-electron chi connectivity index (χ2n) is 4.20. The molecule has 1 N–H and O–H groups in total. The molecule has 1 amide bonds. The first-order valence-electron chi connectivity index (χ1n) is 6.23. The molecule has 20 heavy (non-hydrogen) atoms. The summed E-state index contributed by atoms with van der Waals surface area (Å²) in [7, 11) is 0. The number of carbonyl (C=O) groups is 1. The number of non-ortho nitro benzene ring substituents is 1. The van der Waals surface area contributed by atoms with Crippen molar-refractivity contribution in [2.24, 2.45) is 0 Å². The largest absolute Gasteiger partial charge is 0.349 e. The standard InChI is InChI=1S/C15H16N2O3/c1-3-5-13(4-2)16-15(18)11-8-12-6-9-14(10-7-12)17(19)20/h1,6-11,13H,4-5H2,2H3,(H,16,18)/b11-8+. The van der Waals surface area contributed by atoms with Gasteiger partial charge in [0.05, 0.1) is 4.92 Å². The zero-order valence-electron chi connectivity index (χ0n) is 11.2. The molecule has 0 aliphatic heterocycles. The number of hydrogen-bond donors (Lipinski definition) is 1. The molecule has 1 rings (SSSR count). The van der Waals surface area contributed by atoms with Gasteiger partial charge in [-0.2, -0.15) is 0 Å². The van der Waals surface area contributed by atoms with Crippen LogP contribution in [0.3, 0.4) is 0 Å². The van der Waals surface area contributed by atoms with Crippen molar-refractivity contribution in [2.45, 2.75) is 25.8 Å². The highest BCUT2D eigenvalue weighted by molar-refractivity contribution is 5.91. The zero-order chi connectivity index (χ0) is 15.0. The van der Waals surface area contributed by atoms with Gasteiger partial charge in [0, 0.05) is 30.7 Å². The minimum atomic E-state index is -0.466. The monoisotopic (exact) mass is 272 g/mol. The van der Waals surface area contributed by atoms with E-state index in [-0.39, 0.29) is 17.6 Å². The number of nitro groups is 1. The number of carbonyl (C=O) groups excluding carboxylic acids is 1. The highest BCUT2D eigenvalue weighted by atomic mass is 16.6. The average Bonchev–Trinajstić information content (AvgIpc) is 2.45. The van der Waals surface area contributed by atoms with Gasteiger partial charge in [0.25, 0.3) is 5.69 Å². The van der Waals surface area contributed by atoms with Gasteiger partial charge in [-0.25, -0.2) is 0 Å². The molecule has 0 aliphatic carbocycles. The third-order valence-electron chi connectivity index (χ3n) is 2.73. The van der Waals surface area contributed by atoms with Crippen LogP contribution < -0.4 is 5.32 Å². The molecule has 0 heterocycles. The first-order chi connectivity index (χ1) is 9.56. The summed E-state index contributed by atoms with van der Waals surface area (Å²) < 4.78 is 0. The molecule has 0 saturated carbocycles. The second-order valence-corrected chi connectivity index (χ2v) is 4.20. The van der Waals surface area contributed by atoms with E-state index >= 15 is 0 Å². The Morgan fingerprint density at radius 2 is 2.15 bits per heavy atom. The van der Waals surface area contributed by atoms with Crippen molar-refractivity contribution in [3.05, 3.63) is 46.0 Å². The van der Waals surface area contributed by atoms with Crippen molar-refractivity contribution >= 4 is 17.7 Å². The lowest BCUT2D eigenvalue weighted by atomic mass is 10.1. The van der Waals surface area contributed by atoms with Crippen LogP contribution in [0.4, 0.5) is 5.69 Å². The number of terminal acetylenes is 1. The third-order valence-corrected chi connectivity index (χ3v) is 2.73. The lowest BCUT2D eigenvalue weighted by Gasteiger charge is -2.12. The fourth-order valence-corrected chi connectivity index (χ4v) is 1.57. The number of nitrogens with one attached hydrogen (secondary N) is 1. The van der Waals surface area contributed by atoms with E-state index in [0.29, 0.717) is 6.42 Å². The fraction of sp³-hybridized carbons (Fsp3) is 0.267. The van der Waals surface area contributed by atoms with Gasteiger partial charge in [0.15, 0.2) is 0 Å². The number of nitrogens with zero attached hydrogens (tertiary/aromatic N) is 1. The molecule has 0 saturated heterocycles. The van der Waals surface area contributed by atoms with Crippen LogP contribution in [-0.2, 0) is 4.79 Å². The molecule has 0 radical (unpaired) electrons. The van der Waals surface area contributed by atoms with Crippen molar-refractivity contribution in [2.75, 3.05) is 0 Å². The number of rotatable bonds is 6. The smallest absolute Gasteiger partial charge is 0.269 e. The van der Waals surface area contributed by atoms with Crippen LogP contribution >= 0.6 is 0 Å². The van der Waals surface area contributed by atoms with Crippen LogP contribution in [0, 0.1) is 22.5 Å². The van der Waals surface area contributed by atoms with Gasteiger partial charge in [-0.05, 0) is 30.2 Å². The van der Waals surface area contributed by atoms with Crippen LogP contribution in [0.2, 0.25) is 0 Å². The Labute approximate surface area is 117 Å². The topological polar surface area (TPSA) is 72.2 Å². The fourth-order valence-electron chi connectivity index (χ4n) is 1.57. The lowest BCUT2D eigenvalue weighted by Crippen LogP contribution is -2.32. The molecule has 0 bridgehead atoms. The molecule has 0 aliphatic rings. The maximum Gasteiger partial charge on any atom is 0.269 e. The summed E-state index contributed by atoms with van der Waals surface area (Å²) in [6.45, 7) is 1.95. The summed E-state index contributed by atoms with van der Waals surface area (Å²) in [6.07, 6.45) is 9.46. The molecule has 0 fully saturated rings. The normalized spacial score (nSPS) is 11.8. The molecule has 0 spiro atoms. The minimum absolute atomic E-state index is 0.0201. The Morgan fingerprint density at radius 1 is 1.50 bits per heavy atom. The molecule has 5 heteroatoms. The summed E-state index contributed by atoms with van der Waals surface area (Å²) in [4.78, 5) is 21.7. The van der Waals surface area contributed by atoms with Crippen LogP contribution in [0.1, 0.15) is 25.3 Å². The van der Waals surface area contributed by atoms with Crippen LogP contribution in [0.5, 0.6) is 0 Å².